The molecule has 11 heteroatoms. The topological polar surface area (TPSA) is 108 Å². The van der Waals surface area contributed by atoms with Crippen molar-refractivity contribution in [3.05, 3.63) is 101 Å². The molecule has 0 bridgehead atoms. The van der Waals surface area contributed by atoms with Crippen molar-refractivity contribution in [2.45, 2.75) is 26.2 Å². The van der Waals surface area contributed by atoms with Crippen LogP contribution < -0.4 is 15.4 Å². The summed E-state index contributed by atoms with van der Waals surface area (Å²) in [7, 11) is 0. The molecule has 3 aromatic heterocycles. The van der Waals surface area contributed by atoms with E-state index in [1.165, 1.54) is 36.5 Å². The molecule has 0 aliphatic carbocycles. The van der Waals surface area contributed by atoms with Crippen molar-refractivity contribution in [1.29, 1.82) is 0 Å². The number of anilines is 3. The van der Waals surface area contributed by atoms with Gasteiger partial charge in [-0.3, -0.25) is 9.89 Å². The Morgan fingerprint density at radius 2 is 1.80 bits per heavy atom. The van der Waals surface area contributed by atoms with Crippen molar-refractivity contribution in [3.8, 4) is 5.88 Å². The van der Waals surface area contributed by atoms with Crippen molar-refractivity contribution in [2.24, 2.45) is 5.92 Å². The third-order valence-corrected chi connectivity index (χ3v) is 7.98. The van der Waals surface area contributed by atoms with Gasteiger partial charge in [0.05, 0.1) is 17.6 Å². The molecule has 1 aliphatic rings. The first-order valence-electron chi connectivity index (χ1n) is 14.7. The van der Waals surface area contributed by atoms with Crippen LogP contribution in [-0.4, -0.2) is 57.2 Å². The van der Waals surface area contributed by atoms with Crippen LogP contribution in [0.3, 0.4) is 0 Å². The minimum Gasteiger partial charge on any atom is -0.476 e. The molecule has 4 heterocycles. The number of amides is 1. The lowest BCUT2D eigenvalue weighted by Gasteiger charge is -2.30. The number of nitrogens with one attached hydrogen (secondary N) is 3. The van der Waals surface area contributed by atoms with Gasteiger partial charge in [0, 0.05) is 30.2 Å². The van der Waals surface area contributed by atoms with E-state index in [1.54, 1.807) is 30.5 Å². The average molecular weight is 598 g/mol. The van der Waals surface area contributed by atoms with Crippen LogP contribution >= 0.6 is 0 Å². The Morgan fingerprint density at radius 3 is 2.57 bits per heavy atom. The third kappa shape index (κ3) is 6.68. The Labute approximate surface area is 253 Å². The van der Waals surface area contributed by atoms with E-state index < -0.39 is 17.5 Å². The fourth-order valence-corrected chi connectivity index (χ4v) is 5.43. The predicted molar refractivity (Wildman–Crippen MR) is 165 cm³/mol. The molecule has 2 aromatic carbocycles. The summed E-state index contributed by atoms with van der Waals surface area (Å²) in [6.07, 6.45) is 5.70. The van der Waals surface area contributed by atoms with E-state index in [9.17, 15) is 9.18 Å². The van der Waals surface area contributed by atoms with Crippen molar-refractivity contribution in [2.75, 3.05) is 36.9 Å². The van der Waals surface area contributed by atoms with Gasteiger partial charge < -0.3 is 20.3 Å². The number of carbonyl (C=O) groups excluding carboxylic acids is 1. The van der Waals surface area contributed by atoms with Crippen LogP contribution in [0.1, 0.15) is 41.3 Å². The van der Waals surface area contributed by atoms with Gasteiger partial charge in [0.2, 0.25) is 5.88 Å². The predicted octanol–water partition coefficient (Wildman–Crippen LogP) is 6.33. The molecule has 0 unspecified atom stereocenters. The van der Waals surface area contributed by atoms with Gasteiger partial charge in [-0.05, 0) is 104 Å². The molecule has 1 aliphatic heterocycles. The summed E-state index contributed by atoms with van der Waals surface area (Å²) < 4.78 is 34.9. The molecule has 0 radical (unpaired) electrons. The molecule has 1 saturated heterocycles. The number of aromatic amines is 1. The number of pyridine rings is 2. The molecular formula is C33H33F2N7O2. The summed E-state index contributed by atoms with van der Waals surface area (Å²) in [6, 6.07) is 15.4. The van der Waals surface area contributed by atoms with Crippen molar-refractivity contribution >= 4 is 34.1 Å². The standard InChI is InChI=1S/C33H33F2N7O2/c1-2-42-16-12-21(13-17-42)20-44-33-29-23(11-15-37-31(29)40-41-33)18-22-5-8-26(19-28(22)35)38-30-27(4-3-14-36-30)32(43)39-25-9-6-24(34)7-10-25/h3-11,14-15,19,21H,2,12-13,16-18,20H2,1H3,(H,36,38)(H,39,43)(H,37,40,41). The number of aromatic nitrogens is 4. The van der Waals surface area contributed by atoms with Crippen LogP contribution in [-0.2, 0) is 6.42 Å². The van der Waals surface area contributed by atoms with Crippen LogP contribution in [0.15, 0.2) is 73.1 Å². The Bertz CT molecular complexity index is 1750. The summed E-state index contributed by atoms with van der Waals surface area (Å²) in [5.41, 5.74) is 3.06. The maximum absolute atomic E-state index is 15.5. The number of carbonyl (C=O) groups is 1. The summed E-state index contributed by atoms with van der Waals surface area (Å²) in [5, 5.41) is 13.8. The highest BCUT2D eigenvalue weighted by Crippen LogP contribution is 2.30. The molecule has 226 valence electrons. The number of hydrogen-bond donors (Lipinski definition) is 3. The number of piperidine rings is 1. The monoisotopic (exact) mass is 597 g/mol. The van der Waals surface area contributed by atoms with Gasteiger partial charge in [-0.25, -0.2) is 18.7 Å². The number of rotatable bonds is 10. The Balaban J connectivity index is 1.15. The maximum Gasteiger partial charge on any atom is 0.259 e. The molecule has 5 aromatic rings. The highest BCUT2D eigenvalue weighted by Gasteiger charge is 2.21. The highest BCUT2D eigenvalue weighted by atomic mass is 19.1. The third-order valence-electron chi connectivity index (χ3n) is 7.98. The quantitative estimate of drug-likeness (QED) is 0.173. The summed E-state index contributed by atoms with van der Waals surface area (Å²) in [6.45, 7) is 5.99. The van der Waals surface area contributed by atoms with Gasteiger partial charge in [-0.1, -0.05) is 13.0 Å². The molecule has 0 spiro atoms. The Kier molecular flexibility index (Phi) is 8.74. The van der Waals surface area contributed by atoms with Crippen LogP contribution in [0.2, 0.25) is 0 Å². The smallest absolute Gasteiger partial charge is 0.259 e. The number of H-pyrrole nitrogens is 1. The largest absolute Gasteiger partial charge is 0.476 e. The molecule has 1 fully saturated rings. The molecule has 3 N–H and O–H groups in total. The Hall–Kier alpha value is -4.90. The summed E-state index contributed by atoms with van der Waals surface area (Å²) in [4.78, 5) is 24.0. The van der Waals surface area contributed by atoms with E-state index in [0.29, 0.717) is 47.4 Å². The molecule has 6 rings (SSSR count). The molecule has 44 heavy (non-hydrogen) atoms. The minimum absolute atomic E-state index is 0.254. The number of halogens is 2. The SMILES string of the molecule is CCN1CCC(COc2n[nH]c3nccc(Cc4ccc(Nc5ncccc5C(=O)Nc5ccc(F)cc5)cc4F)c23)CC1. The zero-order chi connectivity index (χ0) is 30.5. The van der Waals surface area contributed by atoms with Crippen molar-refractivity contribution in [3.63, 3.8) is 0 Å². The fraction of sp³-hybridized carbons (Fsp3) is 0.273. The number of hydrogen-bond acceptors (Lipinski definition) is 7. The first-order chi connectivity index (χ1) is 21.5. The lowest BCUT2D eigenvalue weighted by atomic mass is 9.98. The van der Waals surface area contributed by atoms with E-state index in [4.69, 9.17) is 4.74 Å². The number of likely N-dealkylation sites (tertiary alicyclic amines) is 1. The van der Waals surface area contributed by atoms with E-state index in [-0.39, 0.29) is 11.4 Å². The first kappa shape index (κ1) is 29.2. The van der Waals surface area contributed by atoms with Crippen molar-refractivity contribution < 1.29 is 18.3 Å². The number of nitrogens with zero attached hydrogens (tertiary/aromatic N) is 4. The van der Waals surface area contributed by atoms with Crippen LogP contribution in [0, 0.1) is 17.6 Å². The van der Waals surface area contributed by atoms with Crippen LogP contribution in [0.25, 0.3) is 11.0 Å². The Morgan fingerprint density at radius 1 is 1.00 bits per heavy atom. The van der Waals surface area contributed by atoms with Crippen LogP contribution in [0.4, 0.5) is 26.0 Å². The normalized spacial score (nSPS) is 14.1. The van der Waals surface area contributed by atoms with E-state index >= 15 is 4.39 Å². The average Bonchev–Trinajstić information content (AvgIpc) is 3.47. The summed E-state index contributed by atoms with van der Waals surface area (Å²) in [5.74, 6) is -0.0346. The van der Waals surface area contributed by atoms with Gasteiger partial charge in [0.15, 0.2) is 5.65 Å². The van der Waals surface area contributed by atoms with Gasteiger partial charge in [-0.15, -0.1) is 5.10 Å². The summed E-state index contributed by atoms with van der Waals surface area (Å²) >= 11 is 0. The second-order valence-electron chi connectivity index (χ2n) is 10.9. The van der Waals surface area contributed by atoms with E-state index in [0.717, 1.165) is 43.4 Å². The maximum atomic E-state index is 15.5. The molecular weight excluding hydrogens is 564 g/mol. The second kappa shape index (κ2) is 13.2. The number of benzene rings is 2. The van der Waals surface area contributed by atoms with Gasteiger partial charge in [-0.2, -0.15) is 0 Å². The fourth-order valence-electron chi connectivity index (χ4n) is 5.43. The van der Waals surface area contributed by atoms with Gasteiger partial charge in [0.1, 0.15) is 17.5 Å². The molecule has 0 saturated carbocycles. The van der Waals surface area contributed by atoms with Gasteiger partial charge in [0.25, 0.3) is 5.91 Å². The lowest BCUT2D eigenvalue weighted by Crippen LogP contribution is -2.35. The molecule has 1 amide bonds. The molecule has 0 atom stereocenters. The minimum atomic E-state index is -0.435. The lowest BCUT2D eigenvalue weighted by molar-refractivity contribution is 0.102. The van der Waals surface area contributed by atoms with E-state index in [1.807, 2.05) is 6.07 Å². The number of fused-ring (bicyclic) bond motifs is 1. The second-order valence-corrected chi connectivity index (χ2v) is 10.9. The first-order valence-corrected chi connectivity index (χ1v) is 14.7. The van der Waals surface area contributed by atoms with Crippen LogP contribution in [0.5, 0.6) is 5.88 Å². The zero-order valence-corrected chi connectivity index (χ0v) is 24.3. The molecule has 9 nitrogen and oxygen atoms in total. The van der Waals surface area contributed by atoms with E-state index in [2.05, 4.69) is 42.6 Å². The van der Waals surface area contributed by atoms with Gasteiger partial charge >= 0.3 is 0 Å². The van der Waals surface area contributed by atoms with Crippen molar-refractivity contribution in [1.82, 2.24) is 25.1 Å². The zero-order valence-electron chi connectivity index (χ0n) is 24.3. The highest BCUT2D eigenvalue weighted by molar-refractivity contribution is 6.07. The number of ether oxygens (including phenoxy) is 1.